The summed E-state index contributed by atoms with van der Waals surface area (Å²) in [5, 5.41) is 0. The molecule has 1 aromatic rings. The Morgan fingerprint density at radius 2 is 2.05 bits per heavy atom. The highest BCUT2D eigenvalue weighted by Gasteiger charge is 2.25. The van der Waals surface area contributed by atoms with E-state index in [4.69, 9.17) is 4.74 Å². The van der Waals surface area contributed by atoms with E-state index < -0.39 is 15.8 Å². The van der Waals surface area contributed by atoms with Crippen LogP contribution in [0.5, 0.6) is 0 Å². The number of methoxy groups -OCH3 is 1. The summed E-state index contributed by atoms with van der Waals surface area (Å²) >= 11 is 3.01. The van der Waals surface area contributed by atoms with Gasteiger partial charge in [-0.2, -0.15) is 4.31 Å². The first-order valence-electron chi connectivity index (χ1n) is 6.23. The molecule has 0 unspecified atom stereocenters. The number of nitrogens with zero attached hydrogens (tertiary/aromatic N) is 1. The molecule has 0 heterocycles. The van der Waals surface area contributed by atoms with Crippen molar-refractivity contribution >= 4 is 26.0 Å². The van der Waals surface area contributed by atoms with E-state index >= 15 is 0 Å². The Bertz CT molecular complexity index is 549. The number of ether oxygens (including phenoxy) is 1. The number of hydrogen-bond acceptors (Lipinski definition) is 3. The maximum Gasteiger partial charge on any atom is 0.243 e. The number of hydrogen-bond donors (Lipinski definition) is 0. The highest BCUT2D eigenvalue weighted by molar-refractivity contribution is 9.10. The average Bonchev–Trinajstić information content (AvgIpc) is 2.37. The molecule has 4 nitrogen and oxygen atoms in total. The van der Waals surface area contributed by atoms with E-state index in [1.54, 1.807) is 0 Å². The van der Waals surface area contributed by atoms with Gasteiger partial charge in [0.15, 0.2) is 0 Å². The lowest BCUT2D eigenvalue weighted by molar-refractivity contribution is 0.175. The van der Waals surface area contributed by atoms with Crippen LogP contribution in [0.3, 0.4) is 0 Å². The molecule has 1 aromatic carbocycles. The van der Waals surface area contributed by atoms with Gasteiger partial charge in [0.1, 0.15) is 5.82 Å². The zero-order chi connectivity index (χ0) is 15.3. The molecule has 0 aliphatic rings. The van der Waals surface area contributed by atoms with E-state index in [2.05, 4.69) is 15.9 Å². The molecule has 0 saturated carbocycles. The van der Waals surface area contributed by atoms with E-state index in [0.717, 1.165) is 6.07 Å². The fourth-order valence-corrected chi connectivity index (χ4v) is 3.54. The first kappa shape index (κ1) is 17.6. The normalized spacial score (nSPS) is 12.3. The Morgan fingerprint density at radius 1 is 1.40 bits per heavy atom. The van der Waals surface area contributed by atoms with Crippen molar-refractivity contribution in [3.05, 3.63) is 28.5 Å². The van der Waals surface area contributed by atoms with Crippen LogP contribution in [0.1, 0.15) is 13.8 Å². The predicted molar refractivity (Wildman–Crippen MR) is 79.6 cm³/mol. The molecule has 0 radical (unpaired) electrons. The van der Waals surface area contributed by atoms with Crippen LogP contribution < -0.4 is 0 Å². The van der Waals surface area contributed by atoms with Crippen LogP contribution in [0.4, 0.5) is 4.39 Å². The van der Waals surface area contributed by atoms with Crippen LogP contribution in [0.15, 0.2) is 27.6 Å². The molecule has 0 saturated heterocycles. The Hall–Kier alpha value is -0.500. The third-order valence-electron chi connectivity index (χ3n) is 2.64. The van der Waals surface area contributed by atoms with Gasteiger partial charge in [-0.05, 0) is 40.0 Å². The number of halogens is 2. The highest BCUT2D eigenvalue weighted by atomic mass is 79.9. The van der Waals surface area contributed by atoms with Gasteiger partial charge in [-0.15, -0.1) is 0 Å². The van der Waals surface area contributed by atoms with Crippen molar-refractivity contribution in [2.24, 2.45) is 5.92 Å². The van der Waals surface area contributed by atoms with Crippen LogP contribution in [0.2, 0.25) is 0 Å². The number of benzene rings is 1. The summed E-state index contributed by atoms with van der Waals surface area (Å²) in [5.74, 6) is -0.427. The molecule has 0 N–H and O–H groups in total. The molecule has 0 aromatic heterocycles. The van der Waals surface area contributed by atoms with Gasteiger partial charge >= 0.3 is 0 Å². The Balaban J connectivity index is 3.10. The van der Waals surface area contributed by atoms with E-state index in [1.807, 2.05) is 13.8 Å². The monoisotopic (exact) mass is 367 g/mol. The summed E-state index contributed by atoms with van der Waals surface area (Å²) < 4.78 is 45.1. The van der Waals surface area contributed by atoms with Crippen molar-refractivity contribution < 1.29 is 17.5 Å². The summed E-state index contributed by atoms with van der Waals surface area (Å²) in [4.78, 5) is -0.0463. The topological polar surface area (TPSA) is 46.6 Å². The van der Waals surface area contributed by atoms with Crippen LogP contribution in [0, 0.1) is 11.7 Å². The lowest BCUT2D eigenvalue weighted by atomic mass is 10.2. The third-order valence-corrected chi connectivity index (χ3v) is 5.15. The molecule has 0 bridgehead atoms. The Kier molecular flexibility index (Phi) is 6.57. The first-order chi connectivity index (χ1) is 9.28. The van der Waals surface area contributed by atoms with E-state index in [9.17, 15) is 12.8 Å². The number of sulfonamides is 1. The summed E-state index contributed by atoms with van der Waals surface area (Å²) in [6, 6.07) is 3.81. The summed E-state index contributed by atoms with van der Waals surface area (Å²) in [5.41, 5.74) is 0. The van der Waals surface area contributed by atoms with Gasteiger partial charge in [0.25, 0.3) is 0 Å². The van der Waals surface area contributed by atoms with Crippen molar-refractivity contribution in [2.75, 3.05) is 26.8 Å². The van der Waals surface area contributed by atoms with Gasteiger partial charge in [0, 0.05) is 20.2 Å². The summed E-state index contributed by atoms with van der Waals surface area (Å²) in [7, 11) is -2.20. The van der Waals surface area contributed by atoms with E-state index in [0.29, 0.717) is 13.2 Å². The molecule has 0 aliphatic carbocycles. The lowest BCUT2D eigenvalue weighted by Crippen LogP contribution is -2.36. The summed E-state index contributed by atoms with van der Waals surface area (Å²) in [6.07, 6.45) is 0. The van der Waals surface area contributed by atoms with Gasteiger partial charge < -0.3 is 4.74 Å². The molecule has 0 spiro atoms. The van der Waals surface area contributed by atoms with Crippen molar-refractivity contribution in [3.63, 3.8) is 0 Å². The maximum absolute atomic E-state index is 13.5. The van der Waals surface area contributed by atoms with Crippen LogP contribution in [0.25, 0.3) is 0 Å². The van der Waals surface area contributed by atoms with E-state index in [1.165, 1.54) is 23.5 Å². The van der Waals surface area contributed by atoms with Crippen LogP contribution >= 0.6 is 15.9 Å². The Labute approximate surface area is 128 Å². The largest absolute Gasteiger partial charge is 0.383 e. The first-order valence-corrected chi connectivity index (χ1v) is 8.46. The molecule has 114 valence electrons. The quantitative estimate of drug-likeness (QED) is 0.744. The van der Waals surface area contributed by atoms with Gasteiger partial charge in [0.05, 0.1) is 16.0 Å². The van der Waals surface area contributed by atoms with E-state index in [-0.39, 0.29) is 21.8 Å². The molecule has 20 heavy (non-hydrogen) atoms. The second-order valence-corrected chi connectivity index (χ2v) is 7.62. The summed E-state index contributed by atoms with van der Waals surface area (Å²) in [6.45, 7) is 4.76. The molecule has 0 fully saturated rings. The zero-order valence-electron chi connectivity index (χ0n) is 11.8. The smallest absolute Gasteiger partial charge is 0.243 e. The average molecular weight is 368 g/mol. The van der Waals surface area contributed by atoms with Crippen molar-refractivity contribution in [3.8, 4) is 0 Å². The van der Waals surface area contributed by atoms with Crippen LogP contribution in [-0.4, -0.2) is 39.5 Å². The molecule has 1 rings (SSSR count). The fraction of sp³-hybridized carbons (Fsp3) is 0.538. The minimum Gasteiger partial charge on any atom is -0.383 e. The van der Waals surface area contributed by atoms with Crippen molar-refractivity contribution in [1.82, 2.24) is 4.31 Å². The second kappa shape index (κ2) is 7.49. The molecule has 0 atom stereocenters. The van der Waals surface area contributed by atoms with Gasteiger partial charge in [-0.25, -0.2) is 12.8 Å². The highest BCUT2D eigenvalue weighted by Crippen LogP contribution is 2.22. The van der Waals surface area contributed by atoms with Crippen LogP contribution in [-0.2, 0) is 14.8 Å². The third kappa shape index (κ3) is 4.51. The molecule has 7 heteroatoms. The van der Waals surface area contributed by atoms with Gasteiger partial charge in [-0.3, -0.25) is 0 Å². The lowest BCUT2D eigenvalue weighted by Gasteiger charge is -2.23. The second-order valence-electron chi connectivity index (χ2n) is 4.83. The van der Waals surface area contributed by atoms with Gasteiger partial charge in [0.2, 0.25) is 10.0 Å². The zero-order valence-corrected chi connectivity index (χ0v) is 14.2. The SMILES string of the molecule is COCCN(CC(C)C)S(=O)(=O)c1ccc(Br)c(F)c1. The van der Waals surface area contributed by atoms with Crippen molar-refractivity contribution in [1.29, 1.82) is 0 Å². The van der Waals surface area contributed by atoms with Crippen molar-refractivity contribution in [2.45, 2.75) is 18.7 Å². The standard InChI is InChI=1S/C13H19BrFNO3S/c1-10(2)9-16(6-7-19-3)20(17,18)11-4-5-12(14)13(15)8-11/h4-5,8,10H,6-7,9H2,1-3H3. The predicted octanol–water partition coefficient (Wildman–Crippen LogP) is 2.88. The molecule has 0 aliphatic heterocycles. The molecular formula is C13H19BrFNO3S. The fourth-order valence-electron chi connectivity index (χ4n) is 1.70. The molecule has 0 amide bonds. The minimum absolute atomic E-state index is 0.0463. The maximum atomic E-state index is 13.5. The number of rotatable bonds is 7. The van der Waals surface area contributed by atoms with Gasteiger partial charge in [-0.1, -0.05) is 13.8 Å². The molecular weight excluding hydrogens is 349 g/mol. The minimum atomic E-state index is -3.72. The Morgan fingerprint density at radius 3 is 2.55 bits per heavy atom.